The van der Waals surface area contributed by atoms with Crippen LogP contribution in [0.4, 0.5) is 11.8 Å². The van der Waals surface area contributed by atoms with Gasteiger partial charge in [0, 0.05) is 36.7 Å². The summed E-state index contributed by atoms with van der Waals surface area (Å²) in [5, 5.41) is 3.35. The molecule has 1 saturated heterocycles. The van der Waals surface area contributed by atoms with E-state index in [1.54, 1.807) is 0 Å². The van der Waals surface area contributed by atoms with Crippen LogP contribution in [0.5, 0.6) is 5.75 Å². The lowest BCUT2D eigenvalue weighted by Crippen LogP contribution is -2.30. The third kappa shape index (κ3) is 2.57. The zero-order valence-electron chi connectivity index (χ0n) is 14.2. The Morgan fingerprint density at radius 1 is 1.33 bits per heavy atom. The number of nitrogen functional groups attached to an aromatic ring is 1. The zero-order chi connectivity index (χ0) is 16.7. The molecule has 24 heavy (non-hydrogen) atoms. The van der Waals surface area contributed by atoms with Crippen molar-refractivity contribution in [2.24, 2.45) is 0 Å². The second-order valence-electron chi connectivity index (χ2n) is 6.55. The van der Waals surface area contributed by atoms with Crippen molar-refractivity contribution in [1.29, 1.82) is 0 Å². The number of ether oxygens (including phenoxy) is 1. The molecule has 0 radical (unpaired) electrons. The van der Waals surface area contributed by atoms with Gasteiger partial charge in [-0.1, -0.05) is 6.07 Å². The molecule has 1 aromatic carbocycles. The quantitative estimate of drug-likeness (QED) is 0.876. The zero-order valence-corrected chi connectivity index (χ0v) is 14.2. The highest BCUT2D eigenvalue weighted by Crippen LogP contribution is 2.38. The first-order valence-corrected chi connectivity index (χ1v) is 8.48. The Morgan fingerprint density at radius 2 is 2.21 bits per heavy atom. The minimum atomic E-state index is 0.324. The van der Waals surface area contributed by atoms with Gasteiger partial charge in [0.2, 0.25) is 5.95 Å². The van der Waals surface area contributed by atoms with E-state index < -0.39 is 0 Å². The van der Waals surface area contributed by atoms with Crippen molar-refractivity contribution in [2.75, 3.05) is 37.4 Å². The number of fused-ring (bicyclic) bond motifs is 3. The molecule has 0 spiro atoms. The van der Waals surface area contributed by atoms with Gasteiger partial charge < -0.3 is 20.7 Å². The molecule has 2 aliphatic heterocycles. The molecule has 1 aromatic heterocycles. The maximum absolute atomic E-state index is 6.05. The fraction of sp³-hybridized carbons (Fsp3) is 0.444. The van der Waals surface area contributed by atoms with E-state index in [0.29, 0.717) is 18.6 Å². The first-order chi connectivity index (χ1) is 11.7. The fourth-order valence-corrected chi connectivity index (χ4v) is 3.60. The van der Waals surface area contributed by atoms with Crippen LogP contribution in [-0.2, 0) is 6.42 Å². The van der Waals surface area contributed by atoms with E-state index in [0.717, 1.165) is 54.3 Å². The molecule has 1 atom stereocenters. The highest BCUT2D eigenvalue weighted by atomic mass is 16.5. The number of aromatic nitrogens is 2. The van der Waals surface area contributed by atoms with Gasteiger partial charge in [-0.15, -0.1) is 0 Å². The molecular weight excluding hydrogens is 302 g/mol. The number of nitrogens with zero attached hydrogens (tertiary/aromatic N) is 3. The molecule has 4 rings (SSSR count). The van der Waals surface area contributed by atoms with Gasteiger partial charge in [0.15, 0.2) is 0 Å². The molecule has 3 N–H and O–H groups in total. The maximum atomic E-state index is 6.05. The second kappa shape index (κ2) is 5.94. The number of aryl methyl sites for hydroxylation is 1. The number of hydrogen-bond acceptors (Lipinski definition) is 6. The third-order valence-electron chi connectivity index (χ3n) is 4.90. The van der Waals surface area contributed by atoms with Crippen LogP contribution in [0.25, 0.3) is 11.3 Å². The van der Waals surface area contributed by atoms with Gasteiger partial charge in [-0.3, -0.25) is 0 Å². The highest BCUT2D eigenvalue weighted by Gasteiger charge is 2.28. The predicted molar refractivity (Wildman–Crippen MR) is 95.5 cm³/mol. The third-order valence-corrected chi connectivity index (χ3v) is 4.90. The average Bonchev–Trinajstić information content (AvgIpc) is 2.97. The van der Waals surface area contributed by atoms with E-state index >= 15 is 0 Å². The molecule has 1 fully saturated rings. The minimum Gasteiger partial charge on any atom is -0.493 e. The van der Waals surface area contributed by atoms with Crippen LogP contribution in [0.2, 0.25) is 0 Å². The molecule has 2 aliphatic rings. The Kier molecular flexibility index (Phi) is 3.76. The van der Waals surface area contributed by atoms with Gasteiger partial charge in [0.05, 0.1) is 12.3 Å². The molecule has 126 valence electrons. The van der Waals surface area contributed by atoms with E-state index in [9.17, 15) is 0 Å². The number of anilines is 2. The summed E-state index contributed by atoms with van der Waals surface area (Å²) < 4.78 is 5.97. The normalized spacial score (nSPS) is 19.4. The average molecular weight is 325 g/mol. The number of nitrogens with two attached hydrogens (primary N) is 1. The molecule has 2 aromatic rings. The van der Waals surface area contributed by atoms with E-state index in [2.05, 4.69) is 45.3 Å². The van der Waals surface area contributed by atoms with Crippen molar-refractivity contribution in [1.82, 2.24) is 15.3 Å². The van der Waals surface area contributed by atoms with Crippen LogP contribution in [0.3, 0.4) is 0 Å². The van der Waals surface area contributed by atoms with Crippen LogP contribution >= 0.6 is 0 Å². The van der Waals surface area contributed by atoms with Crippen molar-refractivity contribution in [3.8, 4) is 17.0 Å². The molecule has 0 bridgehead atoms. The molecule has 6 nitrogen and oxygen atoms in total. The van der Waals surface area contributed by atoms with Gasteiger partial charge >= 0.3 is 0 Å². The van der Waals surface area contributed by atoms with E-state index in [-0.39, 0.29) is 0 Å². The fourth-order valence-electron chi connectivity index (χ4n) is 3.60. The van der Waals surface area contributed by atoms with Crippen LogP contribution < -0.4 is 20.7 Å². The second-order valence-corrected chi connectivity index (χ2v) is 6.55. The minimum absolute atomic E-state index is 0.324. The molecule has 0 aliphatic carbocycles. The largest absolute Gasteiger partial charge is 0.493 e. The molecule has 3 heterocycles. The Labute approximate surface area is 142 Å². The molecule has 0 saturated carbocycles. The Morgan fingerprint density at radius 3 is 3.00 bits per heavy atom. The van der Waals surface area contributed by atoms with E-state index in [4.69, 9.17) is 10.5 Å². The van der Waals surface area contributed by atoms with Crippen LogP contribution in [-0.4, -0.2) is 42.8 Å². The SMILES string of the molecule is CN[C@@H]1CCN(c2nc(N)nc3c2CCOc2cc(C)ccc2-3)C1. The summed E-state index contributed by atoms with van der Waals surface area (Å²) in [4.78, 5) is 11.5. The Hall–Kier alpha value is -2.34. The molecule has 6 heteroatoms. The summed E-state index contributed by atoms with van der Waals surface area (Å²) in [5.74, 6) is 2.17. The number of rotatable bonds is 2. The van der Waals surface area contributed by atoms with Crippen molar-refractivity contribution in [3.63, 3.8) is 0 Å². The van der Waals surface area contributed by atoms with Gasteiger partial charge in [0.1, 0.15) is 11.6 Å². The number of likely N-dealkylation sites (N-methyl/N-ethyl adjacent to an activating group) is 1. The lowest BCUT2D eigenvalue weighted by atomic mass is 10.0. The summed E-state index contributed by atoms with van der Waals surface area (Å²) >= 11 is 0. The summed E-state index contributed by atoms with van der Waals surface area (Å²) in [7, 11) is 2.01. The van der Waals surface area contributed by atoms with E-state index in [1.807, 2.05) is 7.05 Å². The summed E-state index contributed by atoms with van der Waals surface area (Å²) in [6.07, 6.45) is 1.90. The number of nitrogens with one attached hydrogen (secondary N) is 1. The standard InChI is InChI=1S/C18H23N5O/c1-11-3-4-13-15(9-11)24-8-6-14-16(13)21-18(19)22-17(14)23-7-5-12(10-23)20-2/h3-4,9,12,20H,5-8,10H2,1-2H3,(H2,19,21,22)/t12-/m1/s1. The van der Waals surface area contributed by atoms with Crippen LogP contribution in [0, 0.1) is 6.92 Å². The van der Waals surface area contributed by atoms with Crippen molar-refractivity contribution in [3.05, 3.63) is 29.3 Å². The summed E-state index contributed by atoms with van der Waals surface area (Å²) in [6.45, 7) is 4.63. The van der Waals surface area contributed by atoms with Crippen LogP contribution in [0.1, 0.15) is 17.5 Å². The molecule has 0 unspecified atom stereocenters. The highest BCUT2D eigenvalue weighted by molar-refractivity contribution is 5.76. The van der Waals surface area contributed by atoms with Gasteiger partial charge in [-0.25, -0.2) is 4.98 Å². The monoisotopic (exact) mass is 325 g/mol. The van der Waals surface area contributed by atoms with Gasteiger partial charge in [0.25, 0.3) is 0 Å². The Bertz CT molecular complexity index is 776. The van der Waals surface area contributed by atoms with Crippen molar-refractivity contribution in [2.45, 2.75) is 25.8 Å². The molecule has 0 amide bonds. The topological polar surface area (TPSA) is 76.3 Å². The Balaban J connectivity index is 1.83. The summed E-state index contributed by atoms with van der Waals surface area (Å²) in [6, 6.07) is 6.72. The lowest BCUT2D eigenvalue weighted by molar-refractivity contribution is 0.326. The van der Waals surface area contributed by atoms with Gasteiger partial charge in [-0.2, -0.15) is 4.98 Å². The van der Waals surface area contributed by atoms with Crippen LogP contribution in [0.15, 0.2) is 18.2 Å². The number of hydrogen-bond donors (Lipinski definition) is 2. The van der Waals surface area contributed by atoms with Crippen molar-refractivity contribution < 1.29 is 4.74 Å². The number of benzene rings is 1. The maximum Gasteiger partial charge on any atom is 0.222 e. The predicted octanol–water partition coefficient (Wildman–Crippen LogP) is 1.77. The van der Waals surface area contributed by atoms with Gasteiger partial charge in [-0.05, 0) is 38.1 Å². The first kappa shape index (κ1) is 15.2. The molecular formula is C18H23N5O. The van der Waals surface area contributed by atoms with E-state index in [1.165, 1.54) is 5.56 Å². The lowest BCUT2D eigenvalue weighted by Gasteiger charge is -2.22. The summed E-state index contributed by atoms with van der Waals surface area (Å²) in [5.41, 5.74) is 10.3. The smallest absolute Gasteiger partial charge is 0.222 e. The van der Waals surface area contributed by atoms with Crippen molar-refractivity contribution >= 4 is 11.8 Å². The first-order valence-electron chi connectivity index (χ1n) is 8.48.